The number of ether oxygens (including phenoxy) is 2. The summed E-state index contributed by atoms with van der Waals surface area (Å²) in [5.41, 5.74) is 2.23. The van der Waals surface area contributed by atoms with Crippen LogP contribution < -0.4 is 10.6 Å². The van der Waals surface area contributed by atoms with Gasteiger partial charge in [0.05, 0.1) is 25.9 Å². The zero-order valence-corrected chi connectivity index (χ0v) is 20.4. The first-order valence-corrected chi connectivity index (χ1v) is 12.1. The number of hydrogen-bond acceptors (Lipinski definition) is 6. The summed E-state index contributed by atoms with van der Waals surface area (Å²) in [7, 11) is 1.53. The lowest BCUT2D eigenvalue weighted by Crippen LogP contribution is -2.46. The van der Waals surface area contributed by atoms with Gasteiger partial charge in [-0.05, 0) is 30.5 Å². The Kier molecular flexibility index (Phi) is 10.0. The van der Waals surface area contributed by atoms with Crippen LogP contribution in [0.25, 0.3) is 0 Å². The summed E-state index contributed by atoms with van der Waals surface area (Å²) in [6.45, 7) is 4.19. The molecule has 0 bridgehead atoms. The van der Waals surface area contributed by atoms with E-state index in [1.54, 1.807) is 11.0 Å². The van der Waals surface area contributed by atoms with Gasteiger partial charge in [-0.1, -0.05) is 43.7 Å². The first-order valence-electron chi connectivity index (χ1n) is 12.1. The minimum atomic E-state index is -0.351. The number of amides is 3. The number of nitrogens with zero attached hydrogens (tertiary/aromatic N) is 2. The third kappa shape index (κ3) is 8.06. The topological polar surface area (TPSA) is 110 Å². The lowest BCUT2D eigenvalue weighted by molar-refractivity contribution is -0.0300. The Hall–Kier alpha value is -3.46. The van der Waals surface area contributed by atoms with Gasteiger partial charge in [-0.25, -0.2) is 9.78 Å². The molecule has 1 aliphatic rings. The number of nitrogens with one attached hydrogen (secondary N) is 2. The normalized spacial score (nSPS) is 15.4. The molecule has 1 unspecified atom stereocenters. The van der Waals surface area contributed by atoms with E-state index in [9.17, 15) is 14.4 Å². The number of pyridine rings is 1. The van der Waals surface area contributed by atoms with Gasteiger partial charge in [-0.3, -0.25) is 9.59 Å². The maximum Gasteiger partial charge on any atom is 0.409 e. The molecule has 188 valence electrons. The van der Waals surface area contributed by atoms with Gasteiger partial charge >= 0.3 is 6.09 Å². The van der Waals surface area contributed by atoms with Gasteiger partial charge in [-0.2, -0.15) is 0 Å². The predicted octanol–water partition coefficient (Wildman–Crippen LogP) is 2.79. The van der Waals surface area contributed by atoms with Crippen molar-refractivity contribution in [1.82, 2.24) is 20.5 Å². The van der Waals surface area contributed by atoms with Crippen LogP contribution in [0, 0.1) is 0 Å². The Bertz CT molecular complexity index is 998. The highest BCUT2D eigenvalue weighted by atomic mass is 16.6. The Morgan fingerprint density at radius 1 is 1.17 bits per heavy atom. The molecule has 9 nitrogen and oxygen atoms in total. The molecule has 1 saturated heterocycles. The molecule has 2 aromatic rings. The smallest absolute Gasteiger partial charge is 0.409 e. The number of carbonyl (C=O) groups excluding carboxylic acids is 3. The molecule has 3 amide bonds. The van der Waals surface area contributed by atoms with Crippen LogP contribution >= 0.6 is 0 Å². The molecule has 1 aromatic heterocycles. The van der Waals surface area contributed by atoms with Crippen LogP contribution in [-0.4, -0.2) is 73.8 Å². The summed E-state index contributed by atoms with van der Waals surface area (Å²) in [5, 5.41) is 5.46. The Labute approximate surface area is 206 Å². The molecular weight excluding hydrogens is 448 g/mol. The van der Waals surface area contributed by atoms with Crippen LogP contribution in [0.15, 0.2) is 42.5 Å². The summed E-state index contributed by atoms with van der Waals surface area (Å²) < 4.78 is 11.0. The second-order valence-electron chi connectivity index (χ2n) is 8.43. The number of rotatable bonds is 10. The van der Waals surface area contributed by atoms with Crippen molar-refractivity contribution in [2.24, 2.45) is 0 Å². The number of morpholine rings is 1. The summed E-state index contributed by atoms with van der Waals surface area (Å²) >= 11 is 0. The van der Waals surface area contributed by atoms with E-state index in [2.05, 4.69) is 15.6 Å². The number of unbranched alkanes of at least 4 members (excludes halogenated alkanes) is 1. The highest BCUT2D eigenvalue weighted by Gasteiger charge is 2.25. The lowest BCUT2D eigenvalue weighted by Gasteiger charge is -2.32. The maximum absolute atomic E-state index is 12.9. The predicted molar refractivity (Wildman–Crippen MR) is 131 cm³/mol. The van der Waals surface area contributed by atoms with Crippen molar-refractivity contribution in [1.29, 1.82) is 0 Å². The quantitative estimate of drug-likeness (QED) is 0.504. The number of hydrogen-bond donors (Lipinski definition) is 2. The van der Waals surface area contributed by atoms with Gasteiger partial charge in [0.15, 0.2) is 0 Å². The Morgan fingerprint density at radius 2 is 1.97 bits per heavy atom. The van der Waals surface area contributed by atoms with Crippen LogP contribution in [0.3, 0.4) is 0 Å². The summed E-state index contributed by atoms with van der Waals surface area (Å²) in [6, 6.07) is 13.0. The van der Waals surface area contributed by atoms with Crippen LogP contribution in [0.2, 0.25) is 0 Å². The fourth-order valence-corrected chi connectivity index (χ4v) is 3.76. The van der Waals surface area contributed by atoms with E-state index in [0.717, 1.165) is 18.4 Å². The van der Waals surface area contributed by atoms with Gasteiger partial charge < -0.3 is 25.0 Å². The first-order chi connectivity index (χ1) is 17.0. The molecule has 3 rings (SSSR count). The molecule has 0 spiro atoms. The van der Waals surface area contributed by atoms with Crippen molar-refractivity contribution in [3.8, 4) is 0 Å². The fourth-order valence-electron chi connectivity index (χ4n) is 3.76. The molecule has 1 fully saturated rings. The average Bonchev–Trinajstić information content (AvgIpc) is 2.88. The number of carbonyl (C=O) groups is 3. The molecule has 1 aromatic carbocycles. The van der Waals surface area contributed by atoms with Crippen molar-refractivity contribution in [3.05, 3.63) is 65.0 Å². The van der Waals surface area contributed by atoms with Crippen molar-refractivity contribution < 1.29 is 23.9 Å². The summed E-state index contributed by atoms with van der Waals surface area (Å²) in [4.78, 5) is 43.4. The van der Waals surface area contributed by atoms with Gasteiger partial charge in [0.25, 0.3) is 11.8 Å². The molecule has 35 heavy (non-hydrogen) atoms. The third-order valence-corrected chi connectivity index (χ3v) is 5.70. The van der Waals surface area contributed by atoms with E-state index in [4.69, 9.17) is 9.47 Å². The van der Waals surface area contributed by atoms with Crippen LogP contribution in [0.5, 0.6) is 0 Å². The molecule has 2 N–H and O–H groups in total. The second-order valence-corrected chi connectivity index (χ2v) is 8.43. The van der Waals surface area contributed by atoms with Gasteiger partial charge in [0, 0.05) is 37.8 Å². The standard InChI is InChI=1S/C26H34N4O5/c1-3-4-13-35-26(33)30-12-14-34-22(18-30)10-11-28-24(31)20-16-21(15-19-8-6-5-7-9-19)29-23(17-20)25(32)27-2/h5-9,16-17,22H,3-4,10-15,18H2,1-2H3,(H,27,32)(H,28,31). The van der Waals surface area contributed by atoms with E-state index in [1.165, 1.54) is 13.1 Å². The first kappa shape index (κ1) is 26.2. The van der Waals surface area contributed by atoms with Gasteiger partial charge in [0.1, 0.15) is 5.69 Å². The van der Waals surface area contributed by atoms with Gasteiger partial charge in [0.2, 0.25) is 0 Å². The van der Waals surface area contributed by atoms with Crippen LogP contribution in [0.1, 0.15) is 58.3 Å². The second kappa shape index (κ2) is 13.4. The van der Waals surface area contributed by atoms with E-state index in [0.29, 0.717) is 56.9 Å². The molecule has 1 aliphatic heterocycles. The van der Waals surface area contributed by atoms with Crippen LogP contribution in [0.4, 0.5) is 4.79 Å². The van der Waals surface area contributed by atoms with Crippen molar-refractivity contribution in [3.63, 3.8) is 0 Å². The van der Waals surface area contributed by atoms with Crippen molar-refractivity contribution >= 4 is 17.9 Å². The highest BCUT2D eigenvalue weighted by molar-refractivity contribution is 5.98. The summed E-state index contributed by atoms with van der Waals surface area (Å²) in [6.07, 6.45) is 2.36. The van der Waals surface area contributed by atoms with E-state index in [1.807, 2.05) is 37.3 Å². The molecule has 9 heteroatoms. The molecule has 1 atom stereocenters. The van der Waals surface area contributed by atoms with E-state index in [-0.39, 0.29) is 29.7 Å². The van der Waals surface area contributed by atoms with E-state index < -0.39 is 0 Å². The van der Waals surface area contributed by atoms with Crippen LogP contribution in [-0.2, 0) is 15.9 Å². The molecule has 0 saturated carbocycles. The minimum absolute atomic E-state index is 0.185. The number of aromatic nitrogens is 1. The molecular formula is C26H34N4O5. The number of benzene rings is 1. The SMILES string of the molecule is CCCCOC(=O)N1CCOC(CCNC(=O)c2cc(Cc3ccccc3)nc(C(=O)NC)c2)C1. The van der Waals surface area contributed by atoms with Crippen molar-refractivity contribution in [2.45, 2.75) is 38.7 Å². The monoisotopic (exact) mass is 482 g/mol. The summed E-state index contributed by atoms with van der Waals surface area (Å²) in [5.74, 6) is -0.644. The van der Waals surface area contributed by atoms with Gasteiger partial charge in [-0.15, -0.1) is 0 Å². The van der Waals surface area contributed by atoms with Crippen molar-refractivity contribution in [2.75, 3.05) is 39.9 Å². The largest absolute Gasteiger partial charge is 0.449 e. The average molecular weight is 483 g/mol. The zero-order chi connectivity index (χ0) is 25.0. The zero-order valence-electron chi connectivity index (χ0n) is 20.4. The molecule has 2 heterocycles. The molecule has 0 aliphatic carbocycles. The minimum Gasteiger partial charge on any atom is -0.449 e. The Morgan fingerprint density at radius 3 is 2.71 bits per heavy atom. The third-order valence-electron chi connectivity index (χ3n) is 5.70. The lowest BCUT2D eigenvalue weighted by atomic mass is 10.1. The maximum atomic E-state index is 12.9. The molecule has 0 radical (unpaired) electrons. The van der Waals surface area contributed by atoms with E-state index >= 15 is 0 Å². The highest BCUT2D eigenvalue weighted by Crippen LogP contribution is 2.13. The Balaban J connectivity index is 1.57. The fraction of sp³-hybridized carbons (Fsp3) is 0.462.